The van der Waals surface area contributed by atoms with E-state index in [-0.39, 0.29) is 11.1 Å². The number of rotatable bonds is 1. The molecule has 6 nitrogen and oxygen atoms in total. The van der Waals surface area contributed by atoms with E-state index in [0.717, 1.165) is 12.2 Å². The maximum Gasteiger partial charge on any atom is 0.281 e. The second-order valence-electron chi connectivity index (χ2n) is 3.79. The van der Waals surface area contributed by atoms with Crippen molar-refractivity contribution in [2.75, 3.05) is 0 Å². The number of hydrogen-bond acceptors (Lipinski definition) is 4. The highest BCUT2D eigenvalue weighted by Crippen LogP contribution is 2.25. The summed E-state index contributed by atoms with van der Waals surface area (Å²) < 4.78 is 0. The van der Waals surface area contributed by atoms with Gasteiger partial charge in [-0.1, -0.05) is 12.1 Å². The van der Waals surface area contributed by atoms with Crippen LogP contribution in [0.5, 0.6) is 0 Å². The molecule has 0 fully saturated rings. The molecular weight excluding hydrogens is 236 g/mol. The van der Waals surface area contributed by atoms with E-state index in [0.29, 0.717) is 10.0 Å². The van der Waals surface area contributed by atoms with E-state index < -0.39 is 23.6 Å². The van der Waals surface area contributed by atoms with Crippen molar-refractivity contribution in [1.82, 2.24) is 10.0 Å². The number of nitrogens with zero attached hydrogens (tertiary/aromatic N) is 2. The van der Waals surface area contributed by atoms with E-state index in [1.54, 1.807) is 12.1 Å². The Balaban J connectivity index is 2.08. The first kappa shape index (κ1) is 10.4. The van der Waals surface area contributed by atoms with Gasteiger partial charge in [0.25, 0.3) is 23.6 Å². The summed E-state index contributed by atoms with van der Waals surface area (Å²) in [6, 6.07) is 6.18. The minimum absolute atomic E-state index is 0.190. The van der Waals surface area contributed by atoms with Crippen LogP contribution < -0.4 is 0 Å². The highest BCUT2D eigenvalue weighted by atomic mass is 16.2. The summed E-state index contributed by atoms with van der Waals surface area (Å²) in [5.74, 6) is -2.73. The van der Waals surface area contributed by atoms with E-state index in [1.165, 1.54) is 12.1 Å². The number of amides is 4. The van der Waals surface area contributed by atoms with Crippen molar-refractivity contribution in [3.8, 4) is 0 Å². The summed E-state index contributed by atoms with van der Waals surface area (Å²) in [5, 5.41) is 1.12. The fraction of sp³-hybridized carbons (Fsp3) is 0. The van der Waals surface area contributed by atoms with Crippen molar-refractivity contribution >= 4 is 23.6 Å². The predicted octanol–water partition coefficient (Wildman–Crippen LogP) is 0.123. The summed E-state index contributed by atoms with van der Waals surface area (Å²) >= 11 is 0. The molecule has 88 valence electrons. The Bertz CT molecular complexity index is 594. The summed E-state index contributed by atoms with van der Waals surface area (Å²) in [4.78, 5) is 47.0. The zero-order valence-corrected chi connectivity index (χ0v) is 8.99. The first-order valence-corrected chi connectivity index (χ1v) is 5.15. The molecular formula is C12H6N2O4. The summed E-state index contributed by atoms with van der Waals surface area (Å²) in [6.07, 6.45) is 2.04. The number of hydrazine groups is 1. The fourth-order valence-corrected chi connectivity index (χ4v) is 1.95. The molecule has 2 heterocycles. The molecule has 1 aromatic rings. The summed E-state index contributed by atoms with van der Waals surface area (Å²) in [5.41, 5.74) is 0.380. The third-order valence-electron chi connectivity index (χ3n) is 2.76. The molecule has 0 spiro atoms. The quantitative estimate of drug-likeness (QED) is 0.655. The third kappa shape index (κ3) is 1.17. The van der Waals surface area contributed by atoms with Gasteiger partial charge in [0.05, 0.1) is 11.1 Å². The van der Waals surface area contributed by atoms with Gasteiger partial charge in [0.15, 0.2) is 0 Å². The Morgan fingerprint density at radius 2 is 1.11 bits per heavy atom. The van der Waals surface area contributed by atoms with Gasteiger partial charge in [0, 0.05) is 12.2 Å². The lowest BCUT2D eigenvalue weighted by Gasteiger charge is -2.22. The number of fused-ring (bicyclic) bond motifs is 1. The monoisotopic (exact) mass is 242 g/mol. The van der Waals surface area contributed by atoms with Crippen LogP contribution in [0, 0.1) is 0 Å². The number of imide groups is 2. The molecule has 0 unspecified atom stereocenters. The predicted molar refractivity (Wildman–Crippen MR) is 57.9 cm³/mol. The number of carbonyl (C=O) groups is 4. The maximum absolute atomic E-state index is 12.0. The molecule has 0 atom stereocenters. The van der Waals surface area contributed by atoms with Gasteiger partial charge < -0.3 is 0 Å². The number of carbonyl (C=O) groups excluding carboxylic acids is 4. The zero-order valence-electron chi connectivity index (χ0n) is 8.99. The molecule has 2 aliphatic heterocycles. The number of benzene rings is 1. The smallest absolute Gasteiger partial charge is 0.267 e. The Morgan fingerprint density at radius 3 is 1.56 bits per heavy atom. The minimum Gasteiger partial charge on any atom is -0.267 e. The lowest BCUT2D eigenvalue weighted by molar-refractivity contribution is -0.148. The zero-order chi connectivity index (χ0) is 12.9. The second-order valence-corrected chi connectivity index (χ2v) is 3.79. The van der Waals surface area contributed by atoms with Crippen molar-refractivity contribution in [2.45, 2.75) is 0 Å². The minimum atomic E-state index is -0.700. The Labute approximate surface area is 101 Å². The SMILES string of the molecule is O=C1C=CC(=O)N1N1C(=O)c2ccccc2C1=O. The van der Waals surface area contributed by atoms with Crippen LogP contribution in [0.25, 0.3) is 0 Å². The van der Waals surface area contributed by atoms with Crippen LogP contribution >= 0.6 is 0 Å². The van der Waals surface area contributed by atoms with E-state index in [2.05, 4.69) is 0 Å². The fourth-order valence-electron chi connectivity index (χ4n) is 1.95. The first-order chi connectivity index (χ1) is 8.61. The topological polar surface area (TPSA) is 74.8 Å². The average Bonchev–Trinajstić information content (AvgIpc) is 2.81. The molecule has 3 rings (SSSR count). The van der Waals surface area contributed by atoms with Crippen molar-refractivity contribution in [3.05, 3.63) is 47.5 Å². The van der Waals surface area contributed by atoms with Crippen LogP contribution in [0.15, 0.2) is 36.4 Å². The molecule has 18 heavy (non-hydrogen) atoms. The molecule has 0 bridgehead atoms. The number of hydrogen-bond donors (Lipinski definition) is 0. The molecule has 4 amide bonds. The van der Waals surface area contributed by atoms with Gasteiger partial charge in [-0.15, -0.1) is 0 Å². The lowest BCUT2D eigenvalue weighted by Crippen LogP contribution is -2.49. The third-order valence-corrected chi connectivity index (χ3v) is 2.76. The van der Waals surface area contributed by atoms with Gasteiger partial charge in [-0.25, -0.2) is 0 Å². The van der Waals surface area contributed by atoms with Crippen LogP contribution in [-0.2, 0) is 9.59 Å². The Morgan fingerprint density at radius 1 is 0.667 bits per heavy atom. The first-order valence-electron chi connectivity index (χ1n) is 5.15. The van der Waals surface area contributed by atoms with Crippen molar-refractivity contribution < 1.29 is 19.2 Å². The largest absolute Gasteiger partial charge is 0.281 e. The molecule has 0 N–H and O–H groups in total. The maximum atomic E-state index is 12.0. The van der Waals surface area contributed by atoms with Gasteiger partial charge >= 0.3 is 0 Å². The Hall–Kier alpha value is -2.76. The van der Waals surface area contributed by atoms with E-state index >= 15 is 0 Å². The normalized spacial score (nSPS) is 18.0. The van der Waals surface area contributed by atoms with E-state index in [4.69, 9.17) is 0 Å². The van der Waals surface area contributed by atoms with E-state index in [1.807, 2.05) is 0 Å². The van der Waals surface area contributed by atoms with Crippen LogP contribution in [0.2, 0.25) is 0 Å². The van der Waals surface area contributed by atoms with E-state index in [9.17, 15) is 19.2 Å². The molecule has 0 radical (unpaired) electrons. The van der Waals surface area contributed by atoms with Gasteiger partial charge in [-0.3, -0.25) is 19.2 Å². The highest BCUT2D eigenvalue weighted by Gasteiger charge is 2.44. The lowest BCUT2D eigenvalue weighted by atomic mass is 10.1. The highest BCUT2D eigenvalue weighted by molar-refractivity contribution is 6.25. The molecule has 0 saturated heterocycles. The van der Waals surface area contributed by atoms with Gasteiger partial charge in [0.1, 0.15) is 0 Å². The molecule has 0 aromatic heterocycles. The Kier molecular flexibility index (Phi) is 1.94. The van der Waals surface area contributed by atoms with Crippen LogP contribution in [-0.4, -0.2) is 33.6 Å². The van der Waals surface area contributed by atoms with Gasteiger partial charge in [-0.05, 0) is 12.1 Å². The van der Waals surface area contributed by atoms with Crippen LogP contribution in [0.3, 0.4) is 0 Å². The standard InChI is InChI=1S/C12H6N2O4/c15-9-5-6-10(16)13(9)14-11(17)7-3-1-2-4-8(7)12(14)18/h1-6H. The van der Waals surface area contributed by atoms with Gasteiger partial charge in [-0.2, -0.15) is 10.0 Å². The molecule has 2 aliphatic rings. The van der Waals surface area contributed by atoms with Crippen LogP contribution in [0.4, 0.5) is 0 Å². The van der Waals surface area contributed by atoms with Crippen molar-refractivity contribution in [1.29, 1.82) is 0 Å². The average molecular weight is 242 g/mol. The summed E-state index contributed by atoms with van der Waals surface area (Å²) in [6.45, 7) is 0. The summed E-state index contributed by atoms with van der Waals surface area (Å²) in [7, 11) is 0. The molecule has 1 aromatic carbocycles. The molecule has 0 saturated carbocycles. The molecule has 6 heteroatoms. The van der Waals surface area contributed by atoms with Gasteiger partial charge in [0.2, 0.25) is 0 Å². The van der Waals surface area contributed by atoms with Crippen molar-refractivity contribution in [2.24, 2.45) is 0 Å². The molecule has 0 aliphatic carbocycles. The second kappa shape index (κ2) is 3.36. The van der Waals surface area contributed by atoms with Crippen LogP contribution in [0.1, 0.15) is 20.7 Å². The van der Waals surface area contributed by atoms with Crippen molar-refractivity contribution in [3.63, 3.8) is 0 Å².